The van der Waals surface area contributed by atoms with Crippen molar-refractivity contribution in [3.8, 4) is 5.75 Å². The van der Waals surface area contributed by atoms with Crippen LogP contribution in [-0.2, 0) is 4.79 Å². The lowest BCUT2D eigenvalue weighted by atomic mass is 10.2. The largest absolute Gasteiger partial charge is 0.495 e. The maximum absolute atomic E-state index is 12.6. The van der Waals surface area contributed by atoms with Crippen LogP contribution in [0.15, 0.2) is 47.4 Å². The fourth-order valence-corrected chi connectivity index (χ4v) is 4.08. The maximum Gasteiger partial charge on any atom is 0.243 e. The van der Waals surface area contributed by atoms with Crippen molar-refractivity contribution in [2.75, 3.05) is 30.4 Å². The quantitative estimate of drug-likeness (QED) is 0.914. The van der Waals surface area contributed by atoms with Gasteiger partial charge in [0, 0.05) is 16.7 Å². The molecule has 1 unspecified atom stereocenters. The summed E-state index contributed by atoms with van der Waals surface area (Å²) in [5, 5.41) is 3.44. The smallest absolute Gasteiger partial charge is 0.243 e. The number of hydrogen-bond acceptors (Lipinski definition) is 4. The molecule has 1 atom stereocenters. The first kappa shape index (κ1) is 16.7. The number of para-hydroxylation sites is 1. The lowest BCUT2D eigenvalue weighted by Crippen LogP contribution is -2.39. The summed E-state index contributed by atoms with van der Waals surface area (Å²) in [6.07, 6.45) is 0. The molecule has 0 saturated heterocycles. The van der Waals surface area contributed by atoms with Gasteiger partial charge in [0.2, 0.25) is 5.91 Å². The van der Waals surface area contributed by atoms with E-state index in [1.54, 1.807) is 7.11 Å². The normalized spacial score (nSPS) is 16.5. The monoisotopic (exact) mass is 342 g/mol. The lowest BCUT2D eigenvalue weighted by molar-refractivity contribution is -0.115. The fraction of sp³-hybridized carbons (Fsp3) is 0.316. The maximum atomic E-state index is 12.6. The Balaban J connectivity index is 1.75. The van der Waals surface area contributed by atoms with Crippen LogP contribution in [0.2, 0.25) is 0 Å². The molecule has 0 bridgehead atoms. The highest BCUT2D eigenvalue weighted by Crippen LogP contribution is 2.38. The molecule has 0 fully saturated rings. The van der Waals surface area contributed by atoms with Gasteiger partial charge in [0.1, 0.15) is 5.75 Å². The molecule has 5 heteroatoms. The number of carbonyl (C=O) groups excluding carboxylic acids is 1. The van der Waals surface area contributed by atoms with Crippen LogP contribution in [-0.4, -0.2) is 31.4 Å². The first-order valence-corrected chi connectivity index (χ1v) is 8.90. The number of amides is 1. The molecule has 0 aliphatic carbocycles. The molecule has 126 valence electrons. The van der Waals surface area contributed by atoms with Crippen LogP contribution in [0.1, 0.15) is 12.5 Å². The summed E-state index contributed by atoms with van der Waals surface area (Å²) in [4.78, 5) is 15.9. The van der Waals surface area contributed by atoms with Gasteiger partial charge in [-0.15, -0.1) is 11.8 Å². The highest BCUT2D eigenvalue weighted by Gasteiger charge is 2.23. The number of carbonyl (C=O) groups is 1. The predicted molar refractivity (Wildman–Crippen MR) is 100 cm³/mol. The van der Waals surface area contributed by atoms with E-state index in [4.69, 9.17) is 4.74 Å². The second-order valence-electron chi connectivity index (χ2n) is 6.03. The number of ether oxygens (including phenoxy) is 1. The molecule has 3 rings (SSSR count). The van der Waals surface area contributed by atoms with E-state index in [2.05, 4.69) is 29.3 Å². The number of nitrogens with zero attached hydrogens (tertiary/aromatic N) is 1. The summed E-state index contributed by atoms with van der Waals surface area (Å²) in [5.74, 6) is 0.643. The molecule has 0 saturated carbocycles. The van der Waals surface area contributed by atoms with E-state index in [-0.39, 0.29) is 5.91 Å². The summed E-state index contributed by atoms with van der Waals surface area (Å²) < 4.78 is 5.33. The second-order valence-corrected chi connectivity index (χ2v) is 7.51. The molecule has 1 heterocycles. The Morgan fingerprint density at radius 2 is 2.12 bits per heavy atom. The first-order valence-electron chi connectivity index (χ1n) is 8.02. The van der Waals surface area contributed by atoms with Crippen molar-refractivity contribution >= 4 is 29.0 Å². The van der Waals surface area contributed by atoms with Gasteiger partial charge in [0.25, 0.3) is 0 Å². The number of benzene rings is 2. The number of nitrogens with one attached hydrogen (secondary N) is 1. The molecule has 0 radical (unpaired) electrons. The van der Waals surface area contributed by atoms with E-state index in [0.717, 1.165) is 23.5 Å². The Labute approximate surface area is 147 Å². The third-order valence-electron chi connectivity index (χ3n) is 3.98. The average molecular weight is 342 g/mol. The topological polar surface area (TPSA) is 41.6 Å². The highest BCUT2D eigenvalue weighted by atomic mass is 32.2. The van der Waals surface area contributed by atoms with Crippen molar-refractivity contribution in [1.29, 1.82) is 0 Å². The molecule has 2 aromatic rings. The van der Waals surface area contributed by atoms with Crippen molar-refractivity contribution in [2.45, 2.75) is 24.0 Å². The second kappa shape index (κ2) is 7.18. The van der Waals surface area contributed by atoms with E-state index in [1.807, 2.05) is 49.0 Å². The Hall–Kier alpha value is -2.14. The molecule has 1 amide bonds. The molecule has 0 spiro atoms. The zero-order valence-corrected chi connectivity index (χ0v) is 15.0. The van der Waals surface area contributed by atoms with Crippen LogP contribution in [0.3, 0.4) is 0 Å². The Kier molecular flexibility index (Phi) is 5.00. The van der Waals surface area contributed by atoms with Crippen LogP contribution >= 0.6 is 11.8 Å². The highest BCUT2D eigenvalue weighted by molar-refractivity contribution is 8.00. The van der Waals surface area contributed by atoms with E-state index < -0.39 is 0 Å². The molecular formula is C19H22N2O2S. The number of fused-ring (bicyclic) bond motifs is 1. The van der Waals surface area contributed by atoms with Gasteiger partial charge in [0.15, 0.2) is 0 Å². The van der Waals surface area contributed by atoms with Crippen molar-refractivity contribution < 1.29 is 9.53 Å². The van der Waals surface area contributed by atoms with Crippen LogP contribution in [0, 0.1) is 6.92 Å². The summed E-state index contributed by atoms with van der Waals surface area (Å²) in [6.45, 7) is 5.38. The van der Waals surface area contributed by atoms with Crippen LogP contribution in [0.4, 0.5) is 11.4 Å². The van der Waals surface area contributed by atoms with Gasteiger partial charge in [-0.05, 0) is 36.8 Å². The summed E-state index contributed by atoms with van der Waals surface area (Å²) >= 11 is 1.86. The van der Waals surface area contributed by atoms with Crippen LogP contribution in [0.25, 0.3) is 0 Å². The third-order valence-corrected chi connectivity index (χ3v) is 5.13. The van der Waals surface area contributed by atoms with E-state index in [1.165, 1.54) is 4.90 Å². The summed E-state index contributed by atoms with van der Waals surface area (Å²) in [7, 11) is 1.61. The third kappa shape index (κ3) is 3.67. The predicted octanol–water partition coefficient (Wildman–Crippen LogP) is 3.94. The van der Waals surface area contributed by atoms with Gasteiger partial charge in [-0.2, -0.15) is 0 Å². The number of aryl methyl sites for hydroxylation is 1. The van der Waals surface area contributed by atoms with Crippen molar-refractivity contribution in [1.82, 2.24) is 0 Å². The average Bonchev–Trinajstić information content (AvgIpc) is 2.55. The molecule has 4 nitrogen and oxygen atoms in total. The molecule has 1 aliphatic heterocycles. The van der Waals surface area contributed by atoms with Gasteiger partial charge in [0.05, 0.1) is 25.0 Å². The lowest BCUT2D eigenvalue weighted by Gasteiger charge is -2.33. The minimum absolute atomic E-state index is 0.0344. The Bertz CT molecular complexity index is 748. The van der Waals surface area contributed by atoms with Gasteiger partial charge < -0.3 is 15.0 Å². The standard InChI is InChI=1S/C19H22N2O2S/c1-13-8-9-17(23-3)15(10-13)20-19(22)12-21-11-14(2)24-18-7-5-4-6-16(18)21/h4-10,14H,11-12H2,1-3H3,(H,20,22). The number of anilines is 2. The van der Waals surface area contributed by atoms with E-state index in [0.29, 0.717) is 17.5 Å². The molecule has 0 aromatic heterocycles. The van der Waals surface area contributed by atoms with Gasteiger partial charge >= 0.3 is 0 Å². The fourth-order valence-electron chi connectivity index (χ4n) is 2.91. The zero-order valence-electron chi connectivity index (χ0n) is 14.2. The Morgan fingerprint density at radius 1 is 1.33 bits per heavy atom. The number of thioether (sulfide) groups is 1. The van der Waals surface area contributed by atoms with Gasteiger partial charge in [-0.3, -0.25) is 4.79 Å². The minimum Gasteiger partial charge on any atom is -0.495 e. The number of rotatable bonds is 4. The zero-order chi connectivity index (χ0) is 17.1. The molecular weight excluding hydrogens is 320 g/mol. The molecule has 2 aromatic carbocycles. The van der Waals surface area contributed by atoms with Crippen molar-refractivity contribution in [3.63, 3.8) is 0 Å². The SMILES string of the molecule is COc1ccc(C)cc1NC(=O)CN1CC(C)Sc2ccccc21. The van der Waals surface area contributed by atoms with Crippen molar-refractivity contribution in [3.05, 3.63) is 48.0 Å². The summed E-state index contributed by atoms with van der Waals surface area (Å²) in [6, 6.07) is 14.0. The van der Waals surface area contributed by atoms with Gasteiger partial charge in [-0.1, -0.05) is 25.1 Å². The van der Waals surface area contributed by atoms with E-state index in [9.17, 15) is 4.79 Å². The molecule has 1 aliphatic rings. The van der Waals surface area contributed by atoms with E-state index >= 15 is 0 Å². The number of methoxy groups -OCH3 is 1. The van der Waals surface area contributed by atoms with Crippen LogP contribution < -0.4 is 15.0 Å². The van der Waals surface area contributed by atoms with Crippen molar-refractivity contribution in [2.24, 2.45) is 0 Å². The molecule has 24 heavy (non-hydrogen) atoms. The Morgan fingerprint density at radius 3 is 2.92 bits per heavy atom. The van der Waals surface area contributed by atoms with Crippen LogP contribution in [0.5, 0.6) is 5.75 Å². The van der Waals surface area contributed by atoms with Gasteiger partial charge in [-0.25, -0.2) is 0 Å². The number of hydrogen-bond donors (Lipinski definition) is 1. The molecule has 1 N–H and O–H groups in total. The summed E-state index contributed by atoms with van der Waals surface area (Å²) in [5.41, 5.74) is 2.93. The minimum atomic E-state index is -0.0344. The first-order chi connectivity index (χ1) is 11.6.